The van der Waals surface area contributed by atoms with E-state index in [4.69, 9.17) is 22.3 Å². The van der Waals surface area contributed by atoms with Crippen molar-refractivity contribution < 1.29 is 24.6 Å². The number of carbonyl (C=O) groups is 3. The van der Waals surface area contributed by atoms with Gasteiger partial charge in [-0.1, -0.05) is 0 Å². The van der Waals surface area contributed by atoms with Gasteiger partial charge < -0.3 is 38.0 Å². The first-order valence-corrected chi connectivity index (χ1v) is 7.41. The highest BCUT2D eigenvalue weighted by molar-refractivity contribution is 5.92. The minimum Gasteiger partial charge on any atom is -0.480 e. The van der Waals surface area contributed by atoms with Crippen LogP contribution in [0.15, 0.2) is 0 Å². The molecule has 134 valence electrons. The summed E-state index contributed by atoms with van der Waals surface area (Å²) in [5.41, 5.74) is 16.2. The molecule has 0 spiro atoms. The number of amides is 2. The molecule has 23 heavy (non-hydrogen) atoms. The molecule has 0 radical (unpaired) electrons. The van der Waals surface area contributed by atoms with E-state index >= 15 is 0 Å². The minimum absolute atomic E-state index is 0.144. The van der Waals surface area contributed by atoms with E-state index in [9.17, 15) is 19.5 Å². The fourth-order valence-electron chi connectivity index (χ4n) is 1.82. The van der Waals surface area contributed by atoms with Crippen molar-refractivity contribution in [1.82, 2.24) is 10.6 Å². The average molecular weight is 333 g/mol. The summed E-state index contributed by atoms with van der Waals surface area (Å²) in [6.07, 6.45) is -0.462. The van der Waals surface area contributed by atoms with Crippen molar-refractivity contribution in [2.45, 2.75) is 50.4 Å². The van der Waals surface area contributed by atoms with Crippen molar-refractivity contribution in [1.29, 1.82) is 0 Å². The van der Waals surface area contributed by atoms with Crippen LogP contribution in [0.2, 0.25) is 0 Å². The monoisotopic (exact) mass is 333 g/mol. The fraction of sp³-hybridized carbons (Fsp3) is 0.769. The van der Waals surface area contributed by atoms with E-state index in [1.54, 1.807) is 0 Å². The molecular formula is C13H27N5O5. The van der Waals surface area contributed by atoms with Crippen molar-refractivity contribution in [3.8, 4) is 0 Å². The molecule has 10 heteroatoms. The van der Waals surface area contributed by atoms with Gasteiger partial charge in [-0.05, 0) is 39.3 Å². The maximum atomic E-state index is 12.1. The number of hydrogen-bond donors (Lipinski definition) is 7. The molecule has 0 aromatic rings. The Balaban J connectivity index is 4.84. The molecule has 2 amide bonds. The number of nitrogens with one attached hydrogen (secondary N) is 2. The first kappa shape index (κ1) is 21.2. The van der Waals surface area contributed by atoms with Gasteiger partial charge in [0.2, 0.25) is 11.8 Å². The molecule has 0 aromatic heterocycles. The van der Waals surface area contributed by atoms with Gasteiger partial charge in [-0.25, -0.2) is 4.79 Å². The van der Waals surface area contributed by atoms with Gasteiger partial charge in [-0.2, -0.15) is 0 Å². The number of aliphatic carboxylic acids is 1. The summed E-state index contributed by atoms with van der Waals surface area (Å²) >= 11 is 0. The molecular weight excluding hydrogens is 306 g/mol. The molecule has 0 aliphatic rings. The second kappa shape index (κ2) is 10.9. The van der Waals surface area contributed by atoms with Gasteiger partial charge in [0.15, 0.2) is 0 Å². The molecule has 0 aliphatic carbocycles. The minimum atomic E-state index is -1.31. The number of nitrogens with two attached hydrogens (primary N) is 3. The molecule has 0 fully saturated rings. The van der Waals surface area contributed by atoms with E-state index < -0.39 is 42.0 Å². The Hall–Kier alpha value is -1.75. The standard InChI is InChI=1S/C13H27N5O5/c1-7(19)10(18-11(20)8(16)4-6-15)12(21)17-9(13(22)23)3-2-5-14/h7-10,19H,2-6,14-16H2,1H3,(H,17,21)(H,18,20)(H,22,23)/t7-,8+,9+,10+/m1/s1. The zero-order chi connectivity index (χ0) is 18.0. The van der Waals surface area contributed by atoms with Gasteiger partial charge >= 0.3 is 5.97 Å². The summed E-state index contributed by atoms with van der Waals surface area (Å²) in [6, 6.07) is -3.38. The smallest absolute Gasteiger partial charge is 0.326 e. The average Bonchev–Trinajstić information content (AvgIpc) is 2.47. The van der Waals surface area contributed by atoms with Crippen molar-refractivity contribution >= 4 is 17.8 Å². The first-order chi connectivity index (χ1) is 10.7. The third kappa shape index (κ3) is 7.88. The van der Waals surface area contributed by atoms with Gasteiger partial charge in [0.1, 0.15) is 12.1 Å². The largest absolute Gasteiger partial charge is 0.480 e. The lowest BCUT2D eigenvalue weighted by atomic mass is 10.1. The summed E-state index contributed by atoms with van der Waals surface area (Å²) in [5, 5.41) is 23.3. The third-order valence-electron chi connectivity index (χ3n) is 3.19. The molecule has 0 saturated carbocycles. The Morgan fingerprint density at radius 1 is 1.04 bits per heavy atom. The lowest BCUT2D eigenvalue weighted by Gasteiger charge is -2.24. The van der Waals surface area contributed by atoms with E-state index in [0.29, 0.717) is 6.42 Å². The molecule has 0 aliphatic heterocycles. The van der Waals surface area contributed by atoms with Crippen LogP contribution in [-0.4, -0.2) is 65.3 Å². The Labute approximate surface area is 134 Å². The van der Waals surface area contributed by atoms with Crippen molar-refractivity contribution in [2.75, 3.05) is 13.1 Å². The highest BCUT2D eigenvalue weighted by Crippen LogP contribution is 2.01. The van der Waals surface area contributed by atoms with Crippen molar-refractivity contribution in [3.05, 3.63) is 0 Å². The fourth-order valence-corrected chi connectivity index (χ4v) is 1.82. The van der Waals surface area contributed by atoms with E-state index in [2.05, 4.69) is 10.6 Å². The predicted octanol–water partition coefficient (Wildman–Crippen LogP) is -3.16. The maximum Gasteiger partial charge on any atom is 0.326 e. The molecule has 10 N–H and O–H groups in total. The summed E-state index contributed by atoms with van der Waals surface area (Å²) in [4.78, 5) is 35.1. The lowest BCUT2D eigenvalue weighted by Crippen LogP contribution is -2.58. The van der Waals surface area contributed by atoms with Crippen molar-refractivity contribution in [2.24, 2.45) is 17.2 Å². The van der Waals surface area contributed by atoms with Crippen LogP contribution in [0.4, 0.5) is 0 Å². The number of carboxylic acids is 1. The number of aliphatic hydroxyl groups excluding tert-OH is 1. The summed E-state index contributed by atoms with van der Waals surface area (Å²) in [5.74, 6) is -2.68. The molecule has 10 nitrogen and oxygen atoms in total. The molecule has 0 rings (SSSR count). The van der Waals surface area contributed by atoms with Gasteiger partial charge in [0.25, 0.3) is 0 Å². The normalized spacial score (nSPS) is 16.0. The van der Waals surface area contributed by atoms with Gasteiger partial charge in [-0.3, -0.25) is 9.59 Å². The highest BCUT2D eigenvalue weighted by atomic mass is 16.4. The molecule has 0 saturated heterocycles. The van der Waals surface area contributed by atoms with Crippen LogP contribution in [-0.2, 0) is 14.4 Å². The van der Waals surface area contributed by atoms with E-state index in [0.717, 1.165) is 0 Å². The topological polar surface area (TPSA) is 194 Å². The summed E-state index contributed by atoms with van der Waals surface area (Å²) in [7, 11) is 0. The number of carboxylic acid groups (broad SMARTS) is 1. The number of aliphatic hydroxyl groups is 1. The van der Waals surface area contributed by atoms with Crippen LogP contribution in [0.1, 0.15) is 26.2 Å². The number of hydrogen-bond acceptors (Lipinski definition) is 7. The molecule has 4 atom stereocenters. The van der Waals surface area contributed by atoms with Crippen LogP contribution < -0.4 is 27.8 Å². The highest BCUT2D eigenvalue weighted by Gasteiger charge is 2.30. The predicted molar refractivity (Wildman–Crippen MR) is 83.1 cm³/mol. The van der Waals surface area contributed by atoms with Gasteiger partial charge in [0, 0.05) is 0 Å². The second-order valence-corrected chi connectivity index (χ2v) is 5.24. The number of carbonyl (C=O) groups excluding carboxylic acids is 2. The van der Waals surface area contributed by atoms with Gasteiger partial charge in [0.05, 0.1) is 12.1 Å². The molecule has 0 heterocycles. The Morgan fingerprint density at radius 3 is 2.09 bits per heavy atom. The molecule has 0 unspecified atom stereocenters. The number of rotatable bonds is 11. The van der Waals surface area contributed by atoms with E-state index in [1.807, 2.05) is 0 Å². The molecule has 0 bridgehead atoms. The van der Waals surface area contributed by atoms with Gasteiger partial charge in [-0.15, -0.1) is 0 Å². The van der Waals surface area contributed by atoms with Crippen molar-refractivity contribution in [3.63, 3.8) is 0 Å². The van der Waals surface area contributed by atoms with Crippen LogP contribution in [0.25, 0.3) is 0 Å². The maximum absolute atomic E-state index is 12.1. The van der Waals surface area contributed by atoms with Crippen LogP contribution in [0.3, 0.4) is 0 Å². The Bertz CT molecular complexity index is 404. The third-order valence-corrected chi connectivity index (χ3v) is 3.19. The van der Waals surface area contributed by atoms with Crippen LogP contribution in [0.5, 0.6) is 0 Å². The van der Waals surface area contributed by atoms with E-state index in [1.165, 1.54) is 6.92 Å². The zero-order valence-corrected chi connectivity index (χ0v) is 13.2. The SMILES string of the molecule is C[C@@H](O)[C@H](NC(=O)[C@@H](N)CCN)C(=O)N[C@@H](CCCN)C(=O)O. The van der Waals surface area contributed by atoms with E-state index in [-0.39, 0.29) is 25.9 Å². The Morgan fingerprint density at radius 2 is 1.65 bits per heavy atom. The Kier molecular flexibility index (Phi) is 10.1. The van der Waals surface area contributed by atoms with Crippen LogP contribution in [0, 0.1) is 0 Å². The quantitative estimate of drug-likeness (QED) is 0.206. The second-order valence-electron chi connectivity index (χ2n) is 5.24. The first-order valence-electron chi connectivity index (χ1n) is 7.41. The summed E-state index contributed by atoms with van der Waals surface area (Å²) in [6.45, 7) is 1.78. The van der Waals surface area contributed by atoms with Crippen LogP contribution >= 0.6 is 0 Å². The molecule has 0 aromatic carbocycles. The lowest BCUT2D eigenvalue weighted by molar-refractivity contribution is -0.143. The summed E-state index contributed by atoms with van der Waals surface area (Å²) < 4.78 is 0. The zero-order valence-electron chi connectivity index (χ0n) is 13.2.